The molecule has 1 heterocycles. The van der Waals surface area contributed by atoms with Crippen LogP contribution in [0.5, 0.6) is 5.75 Å². The first-order valence-electron chi connectivity index (χ1n) is 3.66. The number of nitrogens with zero attached hydrogens (tertiary/aromatic N) is 1. The Morgan fingerprint density at radius 3 is 2.85 bits per heavy atom. The molecule has 0 spiro atoms. The van der Waals surface area contributed by atoms with Gasteiger partial charge in [-0.25, -0.2) is 0 Å². The van der Waals surface area contributed by atoms with Crippen LogP contribution in [0.25, 0.3) is 11.3 Å². The fourth-order valence-electron chi connectivity index (χ4n) is 1.07. The number of hydrogen-bond donors (Lipinski definition) is 1. The third-order valence-corrected chi connectivity index (χ3v) is 1.88. The maximum Gasteiger partial charge on any atom is 0.183 e. The Hall–Kier alpha value is -1.48. The third-order valence-electron chi connectivity index (χ3n) is 1.65. The fraction of sp³-hybridized carbons (Fsp3) is 0. The molecule has 0 atom stereocenters. The van der Waals surface area contributed by atoms with Gasteiger partial charge in [0.25, 0.3) is 0 Å². The Bertz CT molecular complexity index is 425. The van der Waals surface area contributed by atoms with Gasteiger partial charge in [0.2, 0.25) is 0 Å². The van der Waals surface area contributed by atoms with Gasteiger partial charge in [-0.15, -0.1) is 0 Å². The van der Waals surface area contributed by atoms with Crippen molar-refractivity contribution in [3.05, 3.63) is 35.6 Å². The lowest BCUT2D eigenvalue weighted by molar-refractivity contribution is 0.408. The molecule has 1 aromatic carbocycles. The van der Waals surface area contributed by atoms with Crippen molar-refractivity contribution in [1.82, 2.24) is 5.16 Å². The number of aromatic hydroxyl groups is 1. The second kappa shape index (κ2) is 3.11. The lowest BCUT2D eigenvalue weighted by Crippen LogP contribution is -1.76. The van der Waals surface area contributed by atoms with E-state index >= 15 is 0 Å². The van der Waals surface area contributed by atoms with Gasteiger partial charge in [0.15, 0.2) is 17.7 Å². The first-order valence-corrected chi connectivity index (χ1v) is 4.04. The molecule has 13 heavy (non-hydrogen) atoms. The van der Waals surface area contributed by atoms with Crippen molar-refractivity contribution >= 4 is 11.6 Å². The van der Waals surface area contributed by atoms with E-state index < -0.39 is 0 Å². The Morgan fingerprint density at radius 2 is 2.23 bits per heavy atom. The van der Waals surface area contributed by atoms with Gasteiger partial charge >= 0.3 is 0 Å². The van der Waals surface area contributed by atoms with E-state index in [4.69, 9.17) is 11.6 Å². The molecule has 66 valence electrons. The Kier molecular flexibility index (Phi) is 1.94. The summed E-state index contributed by atoms with van der Waals surface area (Å²) in [6, 6.07) is 7.04. The zero-order valence-corrected chi connectivity index (χ0v) is 7.32. The van der Waals surface area contributed by atoms with Crippen molar-refractivity contribution in [1.29, 1.82) is 0 Å². The summed E-state index contributed by atoms with van der Waals surface area (Å²) < 4.78 is 4.60. The summed E-state index contributed by atoms with van der Waals surface area (Å²) in [4.78, 5) is 0. The quantitative estimate of drug-likeness (QED) is 0.761. The molecule has 1 N–H and O–H groups in total. The molecule has 0 saturated carbocycles. The first kappa shape index (κ1) is 8.13. The summed E-state index contributed by atoms with van der Waals surface area (Å²) >= 11 is 5.77. The van der Waals surface area contributed by atoms with E-state index in [-0.39, 0.29) is 5.75 Å². The van der Waals surface area contributed by atoms with Crippen LogP contribution in [0, 0.1) is 0 Å². The molecule has 0 aliphatic rings. The van der Waals surface area contributed by atoms with Gasteiger partial charge in [-0.1, -0.05) is 28.9 Å². The summed E-state index contributed by atoms with van der Waals surface area (Å²) in [6.45, 7) is 0. The van der Waals surface area contributed by atoms with Crippen LogP contribution in [0.1, 0.15) is 0 Å². The zero-order valence-electron chi connectivity index (χ0n) is 6.57. The molecule has 4 heteroatoms. The molecule has 0 unspecified atom stereocenters. The van der Waals surface area contributed by atoms with Gasteiger partial charge in [0, 0.05) is 10.6 Å². The minimum atomic E-state index is 0.0160. The minimum absolute atomic E-state index is 0.0160. The number of rotatable bonds is 1. The highest BCUT2D eigenvalue weighted by Crippen LogP contribution is 2.28. The van der Waals surface area contributed by atoms with E-state index in [0.29, 0.717) is 10.7 Å². The Balaban J connectivity index is 2.53. The monoisotopic (exact) mass is 195 g/mol. The Morgan fingerprint density at radius 1 is 1.38 bits per heavy atom. The van der Waals surface area contributed by atoms with Crippen LogP contribution >= 0.6 is 11.6 Å². The molecule has 2 aromatic rings. The number of benzene rings is 1. The van der Waals surface area contributed by atoms with E-state index in [1.54, 1.807) is 24.3 Å². The molecule has 0 bridgehead atoms. The lowest BCUT2D eigenvalue weighted by atomic mass is 10.1. The van der Waals surface area contributed by atoms with Crippen molar-refractivity contribution in [3.8, 4) is 17.0 Å². The van der Waals surface area contributed by atoms with Crippen LogP contribution in [-0.4, -0.2) is 10.3 Å². The van der Waals surface area contributed by atoms with Crippen molar-refractivity contribution < 1.29 is 9.63 Å². The van der Waals surface area contributed by atoms with Gasteiger partial charge < -0.3 is 9.63 Å². The van der Waals surface area contributed by atoms with Crippen LogP contribution < -0.4 is 0 Å². The summed E-state index contributed by atoms with van der Waals surface area (Å²) in [6.07, 6.45) is 1.18. The molecule has 0 aliphatic heterocycles. The van der Waals surface area contributed by atoms with Crippen molar-refractivity contribution in [2.24, 2.45) is 0 Å². The molecule has 0 radical (unpaired) electrons. The summed E-state index contributed by atoms with van der Waals surface area (Å²) in [5.74, 6) is 0.0160. The van der Waals surface area contributed by atoms with Crippen LogP contribution in [-0.2, 0) is 0 Å². The lowest BCUT2D eigenvalue weighted by Gasteiger charge is -1.96. The average Bonchev–Trinajstić information content (AvgIpc) is 2.51. The van der Waals surface area contributed by atoms with E-state index in [9.17, 15) is 5.11 Å². The Labute approximate surface area is 79.6 Å². The highest BCUT2D eigenvalue weighted by Gasteiger charge is 2.08. The number of aromatic nitrogens is 1. The predicted octanol–water partition coefficient (Wildman–Crippen LogP) is 2.70. The van der Waals surface area contributed by atoms with Crippen LogP contribution in [0.2, 0.25) is 5.02 Å². The van der Waals surface area contributed by atoms with Gasteiger partial charge in [0.1, 0.15) is 0 Å². The topological polar surface area (TPSA) is 46.3 Å². The van der Waals surface area contributed by atoms with E-state index in [1.807, 2.05) is 0 Å². The van der Waals surface area contributed by atoms with Crippen molar-refractivity contribution in [2.75, 3.05) is 0 Å². The van der Waals surface area contributed by atoms with Gasteiger partial charge in [-0.2, -0.15) is 0 Å². The summed E-state index contributed by atoms with van der Waals surface area (Å²) in [5.41, 5.74) is 1.14. The molecule has 0 fully saturated rings. The van der Waals surface area contributed by atoms with Gasteiger partial charge in [-0.3, -0.25) is 0 Å². The fourth-order valence-corrected chi connectivity index (χ4v) is 1.26. The average molecular weight is 196 g/mol. The second-order valence-electron chi connectivity index (χ2n) is 2.56. The summed E-state index contributed by atoms with van der Waals surface area (Å²) in [5, 5.41) is 13.5. The van der Waals surface area contributed by atoms with E-state index in [1.165, 1.54) is 6.26 Å². The summed E-state index contributed by atoms with van der Waals surface area (Å²) in [7, 11) is 0. The minimum Gasteiger partial charge on any atom is -0.503 e. The third kappa shape index (κ3) is 1.51. The smallest absolute Gasteiger partial charge is 0.183 e. The second-order valence-corrected chi connectivity index (χ2v) is 3.00. The molecule has 0 amide bonds. The maximum absolute atomic E-state index is 9.30. The van der Waals surface area contributed by atoms with Crippen LogP contribution in [0.15, 0.2) is 35.1 Å². The molecule has 2 rings (SSSR count). The SMILES string of the molecule is Oc1conc1-c1cccc(Cl)c1. The molecular formula is C9H6ClNO2. The van der Waals surface area contributed by atoms with Crippen LogP contribution in [0.3, 0.4) is 0 Å². The number of halogens is 1. The van der Waals surface area contributed by atoms with Gasteiger partial charge in [0.05, 0.1) is 0 Å². The number of hydrogen-bond acceptors (Lipinski definition) is 3. The highest BCUT2D eigenvalue weighted by atomic mass is 35.5. The van der Waals surface area contributed by atoms with Gasteiger partial charge in [-0.05, 0) is 12.1 Å². The standard InChI is InChI=1S/C9H6ClNO2/c10-7-3-1-2-6(4-7)9-8(12)5-13-11-9/h1-5,12H. The molecule has 1 aromatic heterocycles. The zero-order chi connectivity index (χ0) is 9.26. The normalized spacial score (nSPS) is 10.2. The predicted molar refractivity (Wildman–Crippen MR) is 48.6 cm³/mol. The van der Waals surface area contributed by atoms with Crippen LogP contribution in [0.4, 0.5) is 0 Å². The molecule has 0 saturated heterocycles. The molecule has 0 aliphatic carbocycles. The van der Waals surface area contributed by atoms with E-state index in [2.05, 4.69) is 9.68 Å². The molecule has 3 nitrogen and oxygen atoms in total. The van der Waals surface area contributed by atoms with E-state index in [0.717, 1.165) is 5.56 Å². The maximum atomic E-state index is 9.30. The highest BCUT2D eigenvalue weighted by molar-refractivity contribution is 6.30. The first-order chi connectivity index (χ1) is 6.27. The largest absolute Gasteiger partial charge is 0.503 e. The molecular weight excluding hydrogens is 190 g/mol. The van der Waals surface area contributed by atoms with Crippen molar-refractivity contribution in [2.45, 2.75) is 0 Å². The van der Waals surface area contributed by atoms with Crippen molar-refractivity contribution in [3.63, 3.8) is 0 Å².